The van der Waals surface area contributed by atoms with E-state index in [9.17, 15) is 4.79 Å². The summed E-state index contributed by atoms with van der Waals surface area (Å²) in [7, 11) is 3.21. The number of hydrogen-bond acceptors (Lipinski definition) is 4. The molecule has 0 bridgehead atoms. The van der Waals surface area contributed by atoms with E-state index in [0.717, 1.165) is 17.0 Å². The molecule has 0 aliphatic carbocycles. The van der Waals surface area contributed by atoms with Gasteiger partial charge in [-0.15, -0.1) is 0 Å². The smallest absolute Gasteiger partial charge is 0.249 e. The fourth-order valence-corrected chi connectivity index (χ4v) is 2.06. The molecular formula is C16H18N2O3. The van der Waals surface area contributed by atoms with Crippen LogP contribution in [-0.2, 0) is 6.54 Å². The Labute approximate surface area is 123 Å². The van der Waals surface area contributed by atoms with Crippen molar-refractivity contribution in [2.24, 2.45) is 5.73 Å². The van der Waals surface area contributed by atoms with Gasteiger partial charge in [0.1, 0.15) is 11.5 Å². The van der Waals surface area contributed by atoms with Gasteiger partial charge < -0.3 is 20.5 Å². The Balaban J connectivity index is 2.22. The van der Waals surface area contributed by atoms with Gasteiger partial charge in [0.2, 0.25) is 5.91 Å². The van der Waals surface area contributed by atoms with Crippen molar-refractivity contribution in [2.45, 2.75) is 6.54 Å². The zero-order valence-electron chi connectivity index (χ0n) is 12.1. The summed E-state index contributed by atoms with van der Waals surface area (Å²) in [5.74, 6) is 0.985. The molecule has 1 amide bonds. The van der Waals surface area contributed by atoms with Crippen LogP contribution in [0.1, 0.15) is 15.9 Å². The summed E-state index contributed by atoms with van der Waals surface area (Å²) in [6, 6.07) is 12.7. The summed E-state index contributed by atoms with van der Waals surface area (Å²) in [4.78, 5) is 11.4. The minimum absolute atomic E-state index is 0.440. The van der Waals surface area contributed by atoms with Gasteiger partial charge in [-0.2, -0.15) is 0 Å². The quantitative estimate of drug-likeness (QED) is 0.855. The van der Waals surface area contributed by atoms with Crippen LogP contribution in [0.3, 0.4) is 0 Å². The minimum Gasteiger partial charge on any atom is -0.497 e. The maximum Gasteiger partial charge on any atom is 0.249 e. The molecule has 0 fully saturated rings. The zero-order chi connectivity index (χ0) is 15.2. The standard InChI is InChI=1S/C16H18N2O3/c1-20-12-7-8-15(21-2)14(9-12)18-10-11-5-3-4-6-13(11)16(17)19/h3-9,18H,10H2,1-2H3,(H2,17,19). The van der Waals surface area contributed by atoms with Crippen LogP contribution in [0, 0.1) is 0 Å². The van der Waals surface area contributed by atoms with Gasteiger partial charge in [-0.3, -0.25) is 4.79 Å². The molecule has 0 saturated carbocycles. The molecule has 2 aromatic carbocycles. The number of nitrogens with one attached hydrogen (secondary N) is 1. The first-order valence-corrected chi connectivity index (χ1v) is 6.49. The lowest BCUT2D eigenvalue weighted by molar-refractivity contribution is 0.0999. The lowest BCUT2D eigenvalue weighted by atomic mass is 10.1. The van der Waals surface area contributed by atoms with Gasteiger partial charge in [-0.25, -0.2) is 0 Å². The van der Waals surface area contributed by atoms with Crippen molar-refractivity contribution in [2.75, 3.05) is 19.5 Å². The number of nitrogens with two attached hydrogens (primary N) is 1. The lowest BCUT2D eigenvalue weighted by Gasteiger charge is -2.13. The summed E-state index contributed by atoms with van der Waals surface area (Å²) in [6.45, 7) is 0.461. The molecule has 110 valence electrons. The van der Waals surface area contributed by atoms with Crippen LogP contribution in [0.5, 0.6) is 11.5 Å². The highest BCUT2D eigenvalue weighted by Crippen LogP contribution is 2.29. The molecule has 0 heterocycles. The van der Waals surface area contributed by atoms with Crippen molar-refractivity contribution >= 4 is 11.6 Å². The molecule has 2 aromatic rings. The van der Waals surface area contributed by atoms with Gasteiger partial charge in [-0.05, 0) is 23.8 Å². The second-order valence-corrected chi connectivity index (χ2v) is 4.44. The SMILES string of the molecule is COc1ccc(OC)c(NCc2ccccc2C(N)=O)c1. The summed E-state index contributed by atoms with van der Waals surface area (Å²) >= 11 is 0. The van der Waals surface area contributed by atoms with Crippen LogP contribution in [-0.4, -0.2) is 20.1 Å². The van der Waals surface area contributed by atoms with E-state index in [4.69, 9.17) is 15.2 Å². The molecule has 0 saturated heterocycles. The minimum atomic E-state index is -0.440. The maximum absolute atomic E-state index is 11.4. The molecular weight excluding hydrogens is 268 g/mol. The number of benzene rings is 2. The highest BCUT2D eigenvalue weighted by molar-refractivity contribution is 5.94. The van der Waals surface area contributed by atoms with Gasteiger partial charge in [0.15, 0.2) is 0 Å². The number of hydrogen-bond donors (Lipinski definition) is 2. The van der Waals surface area contributed by atoms with E-state index in [0.29, 0.717) is 17.9 Å². The lowest BCUT2D eigenvalue weighted by Crippen LogP contribution is -2.15. The van der Waals surface area contributed by atoms with Crippen molar-refractivity contribution < 1.29 is 14.3 Å². The third kappa shape index (κ3) is 3.45. The van der Waals surface area contributed by atoms with Crippen LogP contribution >= 0.6 is 0 Å². The van der Waals surface area contributed by atoms with E-state index in [2.05, 4.69) is 5.32 Å². The van der Waals surface area contributed by atoms with E-state index in [1.165, 1.54) is 0 Å². The van der Waals surface area contributed by atoms with Crippen molar-refractivity contribution in [3.8, 4) is 11.5 Å². The third-order valence-corrected chi connectivity index (χ3v) is 3.16. The highest BCUT2D eigenvalue weighted by Gasteiger charge is 2.09. The number of ether oxygens (including phenoxy) is 2. The van der Waals surface area contributed by atoms with Crippen molar-refractivity contribution in [3.05, 3.63) is 53.6 Å². The summed E-state index contributed by atoms with van der Waals surface area (Å²) in [5.41, 5.74) is 7.50. The second kappa shape index (κ2) is 6.65. The number of primary amides is 1. The molecule has 0 radical (unpaired) electrons. The van der Waals surface area contributed by atoms with E-state index < -0.39 is 5.91 Å². The fourth-order valence-electron chi connectivity index (χ4n) is 2.06. The molecule has 21 heavy (non-hydrogen) atoms. The predicted octanol–water partition coefficient (Wildman–Crippen LogP) is 2.41. The van der Waals surface area contributed by atoms with Crippen LogP contribution < -0.4 is 20.5 Å². The summed E-state index contributed by atoms with van der Waals surface area (Å²) in [6.07, 6.45) is 0. The topological polar surface area (TPSA) is 73.6 Å². The number of rotatable bonds is 6. The van der Waals surface area contributed by atoms with Crippen LogP contribution in [0.4, 0.5) is 5.69 Å². The molecule has 0 aliphatic rings. The largest absolute Gasteiger partial charge is 0.497 e. The maximum atomic E-state index is 11.4. The Morgan fingerprint density at radius 2 is 1.90 bits per heavy atom. The number of amides is 1. The van der Waals surface area contributed by atoms with Gasteiger partial charge in [0, 0.05) is 18.2 Å². The first-order valence-electron chi connectivity index (χ1n) is 6.49. The first kappa shape index (κ1) is 14.7. The highest BCUT2D eigenvalue weighted by atomic mass is 16.5. The van der Waals surface area contributed by atoms with Crippen molar-refractivity contribution in [1.82, 2.24) is 0 Å². The second-order valence-electron chi connectivity index (χ2n) is 4.44. The molecule has 0 unspecified atom stereocenters. The number of methoxy groups -OCH3 is 2. The van der Waals surface area contributed by atoms with E-state index in [1.54, 1.807) is 26.4 Å². The third-order valence-electron chi connectivity index (χ3n) is 3.16. The van der Waals surface area contributed by atoms with Crippen LogP contribution in [0.25, 0.3) is 0 Å². The number of carbonyl (C=O) groups is 1. The Morgan fingerprint density at radius 1 is 1.14 bits per heavy atom. The molecule has 0 atom stereocenters. The Bertz CT molecular complexity index is 641. The van der Waals surface area contributed by atoms with E-state index >= 15 is 0 Å². The van der Waals surface area contributed by atoms with E-state index in [1.807, 2.05) is 30.3 Å². The predicted molar refractivity (Wildman–Crippen MR) is 81.8 cm³/mol. The van der Waals surface area contributed by atoms with Gasteiger partial charge in [-0.1, -0.05) is 18.2 Å². The van der Waals surface area contributed by atoms with Gasteiger partial charge in [0.05, 0.1) is 19.9 Å². The molecule has 0 aromatic heterocycles. The van der Waals surface area contributed by atoms with Crippen LogP contribution in [0.2, 0.25) is 0 Å². The normalized spacial score (nSPS) is 10.0. The molecule has 5 heteroatoms. The van der Waals surface area contributed by atoms with Crippen LogP contribution in [0.15, 0.2) is 42.5 Å². The molecule has 5 nitrogen and oxygen atoms in total. The van der Waals surface area contributed by atoms with Gasteiger partial charge >= 0.3 is 0 Å². The zero-order valence-corrected chi connectivity index (χ0v) is 12.1. The molecule has 3 N–H and O–H groups in total. The average Bonchev–Trinajstić information content (AvgIpc) is 2.52. The fraction of sp³-hybridized carbons (Fsp3) is 0.188. The summed E-state index contributed by atoms with van der Waals surface area (Å²) in [5, 5.41) is 3.24. The van der Waals surface area contributed by atoms with Crippen molar-refractivity contribution in [1.29, 1.82) is 0 Å². The molecule has 0 spiro atoms. The Kier molecular flexibility index (Phi) is 4.66. The molecule has 0 aliphatic heterocycles. The van der Waals surface area contributed by atoms with Gasteiger partial charge in [0.25, 0.3) is 0 Å². The van der Waals surface area contributed by atoms with E-state index in [-0.39, 0.29) is 0 Å². The number of carbonyl (C=O) groups excluding carboxylic acids is 1. The average molecular weight is 286 g/mol. The number of anilines is 1. The first-order chi connectivity index (χ1) is 10.2. The Hall–Kier alpha value is -2.69. The summed E-state index contributed by atoms with van der Waals surface area (Å²) < 4.78 is 10.5. The van der Waals surface area contributed by atoms with Crippen molar-refractivity contribution in [3.63, 3.8) is 0 Å². The monoisotopic (exact) mass is 286 g/mol. The Morgan fingerprint density at radius 3 is 2.57 bits per heavy atom. The molecule has 2 rings (SSSR count).